The third kappa shape index (κ3) is 3.08. The van der Waals surface area contributed by atoms with Gasteiger partial charge in [0.2, 0.25) is 0 Å². The summed E-state index contributed by atoms with van der Waals surface area (Å²) in [4.78, 5) is 2.30. The molecular formula is C15H23NO. The Morgan fingerprint density at radius 2 is 1.82 bits per heavy atom. The molecule has 2 rings (SSSR count). The van der Waals surface area contributed by atoms with Crippen LogP contribution in [0, 0.1) is 13.8 Å². The summed E-state index contributed by atoms with van der Waals surface area (Å²) in [6, 6.07) is 7.01. The van der Waals surface area contributed by atoms with Gasteiger partial charge in [-0.05, 0) is 39.3 Å². The molecule has 0 radical (unpaired) electrons. The van der Waals surface area contributed by atoms with Gasteiger partial charge >= 0.3 is 0 Å². The number of hydrogen-bond acceptors (Lipinski definition) is 2. The number of aliphatic hydroxyl groups is 1. The van der Waals surface area contributed by atoms with Crippen molar-refractivity contribution in [3.8, 4) is 0 Å². The van der Waals surface area contributed by atoms with Crippen molar-refractivity contribution < 1.29 is 5.11 Å². The number of aryl methyl sites for hydroxylation is 2. The predicted molar refractivity (Wildman–Crippen MR) is 71.1 cm³/mol. The van der Waals surface area contributed by atoms with Gasteiger partial charge < -0.3 is 10.0 Å². The molecule has 0 bridgehead atoms. The van der Waals surface area contributed by atoms with E-state index in [0.717, 1.165) is 12.1 Å². The van der Waals surface area contributed by atoms with Crippen LogP contribution >= 0.6 is 0 Å². The van der Waals surface area contributed by atoms with Crippen molar-refractivity contribution in [1.29, 1.82) is 0 Å². The molecule has 0 saturated heterocycles. The van der Waals surface area contributed by atoms with E-state index in [1.807, 2.05) is 0 Å². The van der Waals surface area contributed by atoms with Gasteiger partial charge in [0.05, 0.1) is 6.10 Å². The molecule has 1 aliphatic rings. The van der Waals surface area contributed by atoms with E-state index >= 15 is 0 Å². The minimum atomic E-state index is -0.362. The summed E-state index contributed by atoms with van der Waals surface area (Å²) in [5, 5.41) is 10.3. The Labute approximate surface area is 104 Å². The molecule has 1 atom stereocenters. The quantitative estimate of drug-likeness (QED) is 0.864. The van der Waals surface area contributed by atoms with Crippen LogP contribution in [0.2, 0.25) is 0 Å². The molecule has 0 aliphatic heterocycles. The van der Waals surface area contributed by atoms with Crippen LogP contribution in [0.1, 0.15) is 42.1 Å². The Hall–Kier alpha value is -0.860. The van der Waals surface area contributed by atoms with Crippen LogP contribution in [0.4, 0.5) is 0 Å². The molecule has 1 unspecified atom stereocenters. The summed E-state index contributed by atoms with van der Waals surface area (Å²) < 4.78 is 0. The van der Waals surface area contributed by atoms with Gasteiger partial charge in [0.15, 0.2) is 0 Å². The van der Waals surface area contributed by atoms with Gasteiger partial charge in [0.25, 0.3) is 0 Å². The highest BCUT2D eigenvalue weighted by Crippen LogP contribution is 2.26. The molecule has 94 valence electrons. The fourth-order valence-electron chi connectivity index (χ4n) is 2.56. The lowest BCUT2D eigenvalue weighted by atomic mass is 9.91. The van der Waals surface area contributed by atoms with Crippen molar-refractivity contribution >= 4 is 0 Å². The van der Waals surface area contributed by atoms with Crippen molar-refractivity contribution in [3.63, 3.8) is 0 Å². The van der Waals surface area contributed by atoms with Crippen LogP contribution in [-0.4, -0.2) is 29.6 Å². The molecule has 0 spiro atoms. The van der Waals surface area contributed by atoms with E-state index in [4.69, 9.17) is 0 Å². The highest BCUT2D eigenvalue weighted by atomic mass is 16.3. The zero-order chi connectivity index (χ0) is 12.4. The first-order valence-electron chi connectivity index (χ1n) is 6.53. The molecular weight excluding hydrogens is 210 g/mol. The SMILES string of the molecule is Cc1cc(C)cc(C(O)CN(C)C2CCC2)c1. The molecule has 2 heteroatoms. The van der Waals surface area contributed by atoms with E-state index in [1.165, 1.54) is 30.4 Å². The zero-order valence-electron chi connectivity index (χ0n) is 11.1. The number of likely N-dealkylation sites (N-methyl/N-ethyl adjacent to an activating group) is 1. The number of hydrogen-bond donors (Lipinski definition) is 1. The van der Waals surface area contributed by atoms with Crippen LogP contribution in [0.5, 0.6) is 0 Å². The van der Waals surface area contributed by atoms with Gasteiger partial charge in [-0.15, -0.1) is 0 Å². The number of aliphatic hydroxyl groups excluding tert-OH is 1. The van der Waals surface area contributed by atoms with Crippen molar-refractivity contribution in [1.82, 2.24) is 4.90 Å². The Morgan fingerprint density at radius 3 is 2.29 bits per heavy atom. The van der Waals surface area contributed by atoms with Gasteiger partial charge in [-0.2, -0.15) is 0 Å². The Balaban J connectivity index is 2.00. The normalized spacial score (nSPS) is 18.2. The van der Waals surface area contributed by atoms with Crippen LogP contribution in [-0.2, 0) is 0 Å². The average Bonchev–Trinajstić information content (AvgIpc) is 2.12. The standard InChI is InChI=1S/C15H23NO/c1-11-7-12(2)9-13(8-11)15(17)10-16(3)14-5-4-6-14/h7-9,14-15,17H,4-6,10H2,1-3H3. The largest absolute Gasteiger partial charge is 0.387 e. The van der Waals surface area contributed by atoms with E-state index < -0.39 is 0 Å². The summed E-state index contributed by atoms with van der Waals surface area (Å²) in [5.41, 5.74) is 3.50. The van der Waals surface area contributed by atoms with Gasteiger partial charge in [-0.3, -0.25) is 0 Å². The van der Waals surface area contributed by atoms with Gasteiger partial charge in [0, 0.05) is 12.6 Å². The number of nitrogens with zero attached hydrogens (tertiary/aromatic N) is 1. The summed E-state index contributed by atoms with van der Waals surface area (Å²) in [7, 11) is 2.12. The first-order valence-corrected chi connectivity index (χ1v) is 6.53. The lowest BCUT2D eigenvalue weighted by molar-refractivity contribution is 0.0776. The van der Waals surface area contributed by atoms with E-state index in [9.17, 15) is 5.11 Å². The first kappa shape index (κ1) is 12.6. The molecule has 1 N–H and O–H groups in total. The van der Waals surface area contributed by atoms with E-state index in [-0.39, 0.29) is 6.10 Å². The van der Waals surface area contributed by atoms with Crippen molar-refractivity contribution in [3.05, 3.63) is 34.9 Å². The summed E-state index contributed by atoms with van der Waals surface area (Å²) >= 11 is 0. The van der Waals surface area contributed by atoms with Crippen LogP contribution < -0.4 is 0 Å². The third-order valence-electron chi connectivity index (χ3n) is 3.79. The van der Waals surface area contributed by atoms with Crippen LogP contribution in [0.15, 0.2) is 18.2 Å². The fraction of sp³-hybridized carbons (Fsp3) is 0.600. The zero-order valence-corrected chi connectivity index (χ0v) is 11.1. The minimum Gasteiger partial charge on any atom is -0.387 e. The maximum atomic E-state index is 10.3. The molecule has 2 nitrogen and oxygen atoms in total. The van der Waals surface area contributed by atoms with E-state index in [0.29, 0.717) is 6.04 Å². The second-order valence-electron chi connectivity index (χ2n) is 5.46. The van der Waals surface area contributed by atoms with Crippen molar-refractivity contribution in [2.75, 3.05) is 13.6 Å². The van der Waals surface area contributed by atoms with Gasteiger partial charge in [-0.25, -0.2) is 0 Å². The Kier molecular flexibility index (Phi) is 3.85. The highest BCUT2D eigenvalue weighted by Gasteiger charge is 2.23. The smallest absolute Gasteiger partial charge is 0.0917 e. The molecule has 0 heterocycles. The Bertz CT molecular complexity index is 364. The molecule has 1 aromatic rings. The minimum absolute atomic E-state index is 0.362. The van der Waals surface area contributed by atoms with Crippen molar-refractivity contribution in [2.45, 2.75) is 45.3 Å². The molecule has 0 aromatic heterocycles. The highest BCUT2D eigenvalue weighted by molar-refractivity contribution is 5.30. The average molecular weight is 233 g/mol. The lowest BCUT2D eigenvalue weighted by Crippen LogP contribution is -2.39. The number of benzene rings is 1. The van der Waals surface area contributed by atoms with Gasteiger partial charge in [0.1, 0.15) is 0 Å². The maximum absolute atomic E-state index is 10.3. The van der Waals surface area contributed by atoms with Gasteiger partial charge in [-0.1, -0.05) is 35.7 Å². The van der Waals surface area contributed by atoms with E-state index in [1.54, 1.807) is 0 Å². The fourth-order valence-corrected chi connectivity index (χ4v) is 2.56. The number of rotatable bonds is 4. The monoisotopic (exact) mass is 233 g/mol. The topological polar surface area (TPSA) is 23.5 Å². The molecule has 1 saturated carbocycles. The Morgan fingerprint density at radius 1 is 1.24 bits per heavy atom. The molecule has 1 fully saturated rings. The molecule has 17 heavy (non-hydrogen) atoms. The summed E-state index contributed by atoms with van der Waals surface area (Å²) in [6.45, 7) is 4.91. The second kappa shape index (κ2) is 5.19. The van der Waals surface area contributed by atoms with Crippen molar-refractivity contribution in [2.24, 2.45) is 0 Å². The maximum Gasteiger partial charge on any atom is 0.0917 e. The molecule has 1 aromatic carbocycles. The predicted octanol–water partition coefficient (Wildman–Crippen LogP) is 2.82. The molecule has 0 amide bonds. The lowest BCUT2D eigenvalue weighted by Gasteiger charge is -2.35. The second-order valence-corrected chi connectivity index (χ2v) is 5.46. The van der Waals surface area contributed by atoms with E-state index in [2.05, 4.69) is 44.0 Å². The van der Waals surface area contributed by atoms with Crippen LogP contribution in [0.25, 0.3) is 0 Å². The third-order valence-corrected chi connectivity index (χ3v) is 3.79. The summed E-state index contributed by atoms with van der Waals surface area (Å²) in [5.74, 6) is 0. The molecule has 1 aliphatic carbocycles. The first-order chi connectivity index (χ1) is 8.06. The summed E-state index contributed by atoms with van der Waals surface area (Å²) in [6.07, 6.45) is 3.56. The van der Waals surface area contributed by atoms with Crippen LogP contribution in [0.3, 0.4) is 0 Å².